The number of hydrogen-bond acceptors (Lipinski definition) is 2. The summed E-state index contributed by atoms with van der Waals surface area (Å²) in [5.74, 6) is 6.53. The van der Waals surface area contributed by atoms with E-state index >= 15 is 0 Å². The predicted molar refractivity (Wildman–Crippen MR) is 78.1 cm³/mol. The van der Waals surface area contributed by atoms with Crippen LogP contribution in [0.15, 0.2) is 42.5 Å². The molecule has 1 heterocycles. The predicted octanol–water partition coefficient (Wildman–Crippen LogP) is 2.57. The second-order valence-corrected chi connectivity index (χ2v) is 4.73. The molecule has 1 aliphatic heterocycles. The van der Waals surface area contributed by atoms with Crippen molar-refractivity contribution in [2.45, 2.75) is 12.5 Å². The summed E-state index contributed by atoms with van der Waals surface area (Å²) in [5, 5.41) is 5.78. The van der Waals surface area contributed by atoms with Crippen molar-refractivity contribution < 1.29 is 4.74 Å². The molecule has 1 fully saturated rings. The third-order valence-electron chi connectivity index (χ3n) is 3.35. The van der Waals surface area contributed by atoms with Crippen LogP contribution in [-0.4, -0.2) is 25.8 Å². The molecule has 96 valence electrons. The number of rotatable bonds is 1. The number of hydrogen-bond donors (Lipinski definition) is 1. The Bertz CT molecular complexity index is 612. The van der Waals surface area contributed by atoms with Gasteiger partial charge in [-0.1, -0.05) is 48.2 Å². The van der Waals surface area contributed by atoms with E-state index in [1.807, 2.05) is 0 Å². The largest absolute Gasteiger partial charge is 0.375 e. The summed E-state index contributed by atoms with van der Waals surface area (Å²) in [6.07, 6.45) is 1.02. The molecule has 1 unspecified atom stereocenters. The van der Waals surface area contributed by atoms with Crippen molar-refractivity contribution in [1.82, 2.24) is 5.32 Å². The quantitative estimate of drug-likeness (QED) is 0.787. The van der Waals surface area contributed by atoms with E-state index in [0.29, 0.717) is 0 Å². The van der Waals surface area contributed by atoms with Crippen molar-refractivity contribution in [3.63, 3.8) is 0 Å². The van der Waals surface area contributed by atoms with Crippen LogP contribution in [0.2, 0.25) is 0 Å². The first-order valence-corrected chi connectivity index (χ1v) is 6.72. The Kier molecular flexibility index (Phi) is 3.78. The van der Waals surface area contributed by atoms with Crippen LogP contribution < -0.4 is 5.32 Å². The van der Waals surface area contributed by atoms with E-state index in [9.17, 15) is 0 Å². The molecule has 2 heteroatoms. The molecule has 2 aromatic rings. The van der Waals surface area contributed by atoms with Gasteiger partial charge < -0.3 is 10.1 Å². The highest BCUT2D eigenvalue weighted by molar-refractivity contribution is 5.88. The van der Waals surface area contributed by atoms with Crippen molar-refractivity contribution in [1.29, 1.82) is 0 Å². The summed E-state index contributed by atoms with van der Waals surface area (Å²) in [4.78, 5) is 0. The van der Waals surface area contributed by atoms with E-state index in [0.717, 1.165) is 31.7 Å². The van der Waals surface area contributed by atoms with Gasteiger partial charge in [-0.05, 0) is 16.8 Å². The topological polar surface area (TPSA) is 21.3 Å². The van der Waals surface area contributed by atoms with Crippen molar-refractivity contribution in [3.8, 4) is 11.8 Å². The lowest BCUT2D eigenvalue weighted by Crippen LogP contribution is -2.38. The highest BCUT2D eigenvalue weighted by atomic mass is 16.5. The highest BCUT2D eigenvalue weighted by Gasteiger charge is 2.10. The zero-order chi connectivity index (χ0) is 12.9. The normalized spacial score (nSPS) is 18.8. The Morgan fingerprint density at radius 1 is 1.16 bits per heavy atom. The summed E-state index contributed by atoms with van der Waals surface area (Å²) in [6.45, 7) is 2.65. The standard InChI is InChI=1S/C17H17NO/c1-2-10-17-14(5-1)6-3-7-15(17)8-4-9-16-13-18-11-12-19-16/h1-3,5-7,10,16,18H,9,11-13H2. The number of ether oxygens (including phenoxy) is 1. The summed E-state index contributed by atoms with van der Waals surface area (Å²) < 4.78 is 5.64. The van der Waals surface area contributed by atoms with Crippen LogP contribution in [0, 0.1) is 11.8 Å². The molecule has 0 aliphatic carbocycles. The molecule has 3 rings (SSSR count). The molecule has 0 radical (unpaired) electrons. The fourth-order valence-corrected chi connectivity index (χ4v) is 2.35. The van der Waals surface area contributed by atoms with Crippen molar-refractivity contribution >= 4 is 10.8 Å². The Hall–Kier alpha value is -1.82. The number of fused-ring (bicyclic) bond motifs is 1. The lowest BCUT2D eigenvalue weighted by atomic mass is 10.0. The van der Waals surface area contributed by atoms with Gasteiger partial charge in [0.1, 0.15) is 0 Å². The molecule has 0 spiro atoms. The third-order valence-corrected chi connectivity index (χ3v) is 3.35. The minimum atomic E-state index is 0.233. The maximum atomic E-state index is 5.64. The number of benzene rings is 2. The van der Waals surface area contributed by atoms with Crippen LogP contribution in [0.25, 0.3) is 10.8 Å². The molecule has 0 saturated carbocycles. The zero-order valence-electron chi connectivity index (χ0n) is 10.9. The van der Waals surface area contributed by atoms with E-state index in [1.165, 1.54) is 10.8 Å². The van der Waals surface area contributed by atoms with E-state index in [1.54, 1.807) is 0 Å². The molecule has 0 bridgehead atoms. The molecule has 2 nitrogen and oxygen atoms in total. The molecule has 1 atom stereocenters. The average molecular weight is 251 g/mol. The molecular formula is C17H17NO. The molecule has 1 N–H and O–H groups in total. The van der Waals surface area contributed by atoms with Gasteiger partial charge >= 0.3 is 0 Å². The van der Waals surface area contributed by atoms with Crippen LogP contribution in [0.5, 0.6) is 0 Å². The molecule has 0 amide bonds. The monoisotopic (exact) mass is 251 g/mol. The Labute approximate surface area is 113 Å². The minimum absolute atomic E-state index is 0.233. The van der Waals surface area contributed by atoms with E-state index in [-0.39, 0.29) is 6.10 Å². The van der Waals surface area contributed by atoms with Crippen LogP contribution in [-0.2, 0) is 4.74 Å². The SMILES string of the molecule is C(#Cc1cccc2ccccc12)CC1CNCCO1. The van der Waals surface area contributed by atoms with Gasteiger partial charge in [-0.2, -0.15) is 0 Å². The zero-order valence-corrected chi connectivity index (χ0v) is 10.9. The Balaban J connectivity index is 1.78. The van der Waals surface area contributed by atoms with Crippen molar-refractivity contribution in [3.05, 3.63) is 48.0 Å². The Morgan fingerprint density at radius 2 is 2.05 bits per heavy atom. The van der Waals surface area contributed by atoms with Gasteiger partial charge in [-0.25, -0.2) is 0 Å². The molecule has 1 aliphatic rings. The van der Waals surface area contributed by atoms with Gasteiger partial charge in [0.25, 0.3) is 0 Å². The van der Waals surface area contributed by atoms with Crippen LogP contribution in [0.3, 0.4) is 0 Å². The maximum absolute atomic E-state index is 5.64. The van der Waals surface area contributed by atoms with Crippen LogP contribution >= 0.6 is 0 Å². The van der Waals surface area contributed by atoms with E-state index in [2.05, 4.69) is 59.6 Å². The van der Waals surface area contributed by atoms with Gasteiger partial charge in [0.2, 0.25) is 0 Å². The summed E-state index contributed by atoms with van der Waals surface area (Å²) in [5.41, 5.74) is 1.10. The number of morpholine rings is 1. The van der Waals surface area contributed by atoms with E-state index in [4.69, 9.17) is 4.74 Å². The van der Waals surface area contributed by atoms with Gasteiger partial charge in [-0.3, -0.25) is 0 Å². The molecule has 1 saturated heterocycles. The van der Waals surface area contributed by atoms with Crippen LogP contribution in [0.1, 0.15) is 12.0 Å². The maximum Gasteiger partial charge on any atom is 0.0809 e. The van der Waals surface area contributed by atoms with Crippen molar-refractivity contribution in [2.75, 3.05) is 19.7 Å². The minimum Gasteiger partial charge on any atom is -0.375 e. The summed E-state index contributed by atoms with van der Waals surface area (Å²) in [6, 6.07) is 14.6. The van der Waals surface area contributed by atoms with Crippen molar-refractivity contribution in [2.24, 2.45) is 0 Å². The van der Waals surface area contributed by atoms with Gasteiger partial charge in [-0.15, -0.1) is 0 Å². The fraction of sp³-hybridized carbons (Fsp3) is 0.294. The first-order chi connectivity index (χ1) is 9.43. The molecule has 0 aromatic heterocycles. The molecule has 2 aromatic carbocycles. The highest BCUT2D eigenvalue weighted by Crippen LogP contribution is 2.17. The first kappa shape index (κ1) is 12.2. The Morgan fingerprint density at radius 3 is 2.95 bits per heavy atom. The molecule has 19 heavy (non-hydrogen) atoms. The number of nitrogens with one attached hydrogen (secondary N) is 1. The molecular weight excluding hydrogens is 234 g/mol. The van der Waals surface area contributed by atoms with Gasteiger partial charge in [0.15, 0.2) is 0 Å². The lowest BCUT2D eigenvalue weighted by Gasteiger charge is -2.21. The van der Waals surface area contributed by atoms with E-state index < -0.39 is 0 Å². The van der Waals surface area contributed by atoms with Gasteiger partial charge in [0, 0.05) is 25.1 Å². The third kappa shape index (κ3) is 2.96. The smallest absolute Gasteiger partial charge is 0.0809 e. The second-order valence-electron chi connectivity index (χ2n) is 4.73. The first-order valence-electron chi connectivity index (χ1n) is 6.72. The summed E-state index contributed by atoms with van der Waals surface area (Å²) in [7, 11) is 0. The lowest BCUT2D eigenvalue weighted by molar-refractivity contribution is 0.0322. The van der Waals surface area contributed by atoms with Crippen LogP contribution in [0.4, 0.5) is 0 Å². The summed E-state index contributed by atoms with van der Waals surface area (Å²) >= 11 is 0. The van der Waals surface area contributed by atoms with Gasteiger partial charge in [0.05, 0.1) is 12.7 Å². The average Bonchev–Trinajstić information content (AvgIpc) is 2.49. The second kappa shape index (κ2) is 5.88. The fourth-order valence-electron chi connectivity index (χ4n) is 2.35.